The first-order valence-electron chi connectivity index (χ1n) is 6.00. The van der Waals surface area contributed by atoms with Crippen LogP contribution in [-0.2, 0) is 0 Å². The van der Waals surface area contributed by atoms with Crippen molar-refractivity contribution in [1.82, 2.24) is 4.98 Å². The van der Waals surface area contributed by atoms with Crippen molar-refractivity contribution in [2.45, 2.75) is 13.8 Å². The standard InChI is InChI=1S/C15H18N2/c1-12(2)10-17-15-7-5-13(6-8-15)14-4-3-9-16-11-14/h3-9,11-12,17H,10H2,1-2H3. The van der Waals surface area contributed by atoms with E-state index in [0.717, 1.165) is 12.1 Å². The van der Waals surface area contributed by atoms with Gasteiger partial charge in [-0.2, -0.15) is 0 Å². The van der Waals surface area contributed by atoms with Crippen molar-refractivity contribution in [3.05, 3.63) is 48.8 Å². The SMILES string of the molecule is CC(C)CNc1ccc(-c2cccnc2)cc1. The number of benzene rings is 1. The van der Waals surface area contributed by atoms with Gasteiger partial charge in [0.25, 0.3) is 0 Å². The van der Waals surface area contributed by atoms with Crippen LogP contribution in [0.5, 0.6) is 0 Å². The Morgan fingerprint density at radius 1 is 1.06 bits per heavy atom. The number of hydrogen-bond donors (Lipinski definition) is 1. The van der Waals surface area contributed by atoms with Gasteiger partial charge in [-0.15, -0.1) is 0 Å². The second-order valence-corrected chi connectivity index (χ2v) is 4.59. The van der Waals surface area contributed by atoms with Crippen LogP contribution in [0.15, 0.2) is 48.8 Å². The van der Waals surface area contributed by atoms with Gasteiger partial charge in [-0.1, -0.05) is 32.0 Å². The molecule has 0 spiro atoms. The predicted octanol–water partition coefficient (Wildman–Crippen LogP) is 3.82. The van der Waals surface area contributed by atoms with Crippen LogP contribution < -0.4 is 5.32 Å². The molecule has 1 aromatic heterocycles. The molecule has 2 rings (SSSR count). The van der Waals surface area contributed by atoms with E-state index in [1.807, 2.05) is 12.3 Å². The van der Waals surface area contributed by atoms with Crippen molar-refractivity contribution in [2.75, 3.05) is 11.9 Å². The molecule has 2 aromatic rings. The maximum atomic E-state index is 4.13. The van der Waals surface area contributed by atoms with E-state index in [1.54, 1.807) is 6.20 Å². The number of hydrogen-bond acceptors (Lipinski definition) is 2. The number of pyridine rings is 1. The lowest BCUT2D eigenvalue weighted by molar-refractivity contribution is 0.689. The minimum atomic E-state index is 0.660. The Hall–Kier alpha value is -1.83. The third-order valence-electron chi connectivity index (χ3n) is 2.59. The largest absolute Gasteiger partial charge is 0.385 e. The highest BCUT2D eigenvalue weighted by atomic mass is 14.9. The van der Waals surface area contributed by atoms with Gasteiger partial charge >= 0.3 is 0 Å². The minimum absolute atomic E-state index is 0.660. The molecule has 0 aliphatic carbocycles. The van der Waals surface area contributed by atoms with Crippen molar-refractivity contribution in [3.63, 3.8) is 0 Å². The van der Waals surface area contributed by atoms with E-state index in [4.69, 9.17) is 0 Å². The molecule has 0 unspecified atom stereocenters. The Kier molecular flexibility index (Phi) is 3.76. The number of rotatable bonds is 4. The molecule has 0 saturated heterocycles. The first kappa shape index (κ1) is 11.6. The molecule has 0 fully saturated rings. The highest BCUT2D eigenvalue weighted by molar-refractivity contribution is 5.65. The smallest absolute Gasteiger partial charge is 0.0346 e. The van der Waals surface area contributed by atoms with Crippen LogP contribution in [0, 0.1) is 5.92 Å². The average Bonchev–Trinajstić information content (AvgIpc) is 2.38. The van der Waals surface area contributed by atoms with Gasteiger partial charge in [-0.3, -0.25) is 4.98 Å². The second-order valence-electron chi connectivity index (χ2n) is 4.59. The summed E-state index contributed by atoms with van der Waals surface area (Å²) in [5.74, 6) is 0.660. The number of nitrogens with zero attached hydrogens (tertiary/aromatic N) is 1. The highest BCUT2D eigenvalue weighted by Crippen LogP contribution is 2.20. The van der Waals surface area contributed by atoms with Gasteiger partial charge in [0, 0.05) is 24.6 Å². The summed E-state index contributed by atoms with van der Waals surface area (Å²) in [5.41, 5.74) is 3.53. The summed E-state index contributed by atoms with van der Waals surface area (Å²) in [5, 5.41) is 3.41. The van der Waals surface area contributed by atoms with Gasteiger partial charge in [0.05, 0.1) is 0 Å². The van der Waals surface area contributed by atoms with E-state index in [1.165, 1.54) is 11.3 Å². The first-order valence-corrected chi connectivity index (χ1v) is 6.00. The fourth-order valence-corrected chi connectivity index (χ4v) is 1.64. The van der Waals surface area contributed by atoms with Crippen LogP contribution >= 0.6 is 0 Å². The van der Waals surface area contributed by atoms with Gasteiger partial charge in [0.1, 0.15) is 0 Å². The zero-order valence-electron chi connectivity index (χ0n) is 10.4. The third kappa shape index (κ3) is 3.31. The van der Waals surface area contributed by atoms with Crippen LogP contribution in [0.4, 0.5) is 5.69 Å². The molecule has 0 saturated carbocycles. The summed E-state index contributed by atoms with van der Waals surface area (Å²) < 4.78 is 0. The zero-order valence-corrected chi connectivity index (χ0v) is 10.4. The Morgan fingerprint density at radius 3 is 2.41 bits per heavy atom. The molecule has 1 N–H and O–H groups in total. The fraction of sp³-hybridized carbons (Fsp3) is 0.267. The summed E-state index contributed by atoms with van der Waals surface area (Å²) in [4.78, 5) is 4.13. The molecule has 0 aliphatic rings. The van der Waals surface area contributed by atoms with Crippen molar-refractivity contribution in [2.24, 2.45) is 5.92 Å². The van der Waals surface area contributed by atoms with Crippen LogP contribution in [0.2, 0.25) is 0 Å². The Bertz CT molecular complexity index is 446. The van der Waals surface area contributed by atoms with E-state index in [0.29, 0.717) is 5.92 Å². The number of aromatic nitrogens is 1. The van der Waals surface area contributed by atoms with Crippen molar-refractivity contribution in [1.29, 1.82) is 0 Å². The lowest BCUT2D eigenvalue weighted by Crippen LogP contribution is -2.07. The molecule has 0 amide bonds. The molecule has 0 bridgehead atoms. The lowest BCUT2D eigenvalue weighted by atomic mass is 10.1. The quantitative estimate of drug-likeness (QED) is 0.857. The van der Waals surface area contributed by atoms with Gasteiger partial charge in [0.2, 0.25) is 0 Å². The van der Waals surface area contributed by atoms with E-state index in [-0.39, 0.29) is 0 Å². The molecule has 2 heteroatoms. The van der Waals surface area contributed by atoms with Crippen LogP contribution in [0.25, 0.3) is 11.1 Å². The molecule has 2 nitrogen and oxygen atoms in total. The topological polar surface area (TPSA) is 24.9 Å². The van der Waals surface area contributed by atoms with E-state index < -0.39 is 0 Å². The summed E-state index contributed by atoms with van der Waals surface area (Å²) in [6.07, 6.45) is 3.68. The maximum absolute atomic E-state index is 4.13. The number of anilines is 1. The van der Waals surface area contributed by atoms with Crippen molar-refractivity contribution >= 4 is 5.69 Å². The Labute approximate surface area is 103 Å². The van der Waals surface area contributed by atoms with Crippen LogP contribution in [0.1, 0.15) is 13.8 Å². The van der Waals surface area contributed by atoms with Crippen molar-refractivity contribution in [3.8, 4) is 11.1 Å². The Morgan fingerprint density at radius 2 is 1.82 bits per heavy atom. The second kappa shape index (κ2) is 5.48. The molecule has 88 valence electrons. The normalized spacial score (nSPS) is 10.5. The minimum Gasteiger partial charge on any atom is -0.385 e. The Balaban J connectivity index is 2.08. The summed E-state index contributed by atoms with van der Waals surface area (Å²) in [6, 6.07) is 12.5. The summed E-state index contributed by atoms with van der Waals surface area (Å²) >= 11 is 0. The molecule has 1 aromatic carbocycles. The lowest BCUT2D eigenvalue weighted by Gasteiger charge is -2.09. The van der Waals surface area contributed by atoms with Gasteiger partial charge in [0.15, 0.2) is 0 Å². The molecule has 17 heavy (non-hydrogen) atoms. The predicted molar refractivity (Wildman–Crippen MR) is 73.0 cm³/mol. The monoisotopic (exact) mass is 226 g/mol. The maximum Gasteiger partial charge on any atom is 0.0346 e. The van der Waals surface area contributed by atoms with Crippen molar-refractivity contribution < 1.29 is 0 Å². The van der Waals surface area contributed by atoms with E-state index in [9.17, 15) is 0 Å². The fourth-order valence-electron chi connectivity index (χ4n) is 1.64. The summed E-state index contributed by atoms with van der Waals surface area (Å²) in [6.45, 7) is 5.42. The van der Waals surface area contributed by atoms with E-state index >= 15 is 0 Å². The molecule has 0 radical (unpaired) electrons. The molecular weight excluding hydrogens is 208 g/mol. The van der Waals surface area contributed by atoms with Gasteiger partial charge in [-0.05, 0) is 35.2 Å². The molecule has 0 aliphatic heterocycles. The highest BCUT2D eigenvalue weighted by Gasteiger charge is 1.98. The zero-order chi connectivity index (χ0) is 12.1. The average molecular weight is 226 g/mol. The number of nitrogens with one attached hydrogen (secondary N) is 1. The van der Waals surface area contributed by atoms with Gasteiger partial charge in [-0.25, -0.2) is 0 Å². The summed E-state index contributed by atoms with van der Waals surface area (Å²) in [7, 11) is 0. The van der Waals surface area contributed by atoms with Crippen LogP contribution in [0.3, 0.4) is 0 Å². The molecule has 0 atom stereocenters. The van der Waals surface area contributed by atoms with E-state index in [2.05, 4.69) is 54.5 Å². The first-order chi connectivity index (χ1) is 8.25. The molecular formula is C15H18N2. The van der Waals surface area contributed by atoms with Gasteiger partial charge < -0.3 is 5.32 Å². The van der Waals surface area contributed by atoms with Crippen LogP contribution in [-0.4, -0.2) is 11.5 Å². The third-order valence-corrected chi connectivity index (χ3v) is 2.59. The molecule has 1 heterocycles.